The normalized spacial score (nSPS) is 51.5. The number of hydrogen-bond acceptors (Lipinski definition) is 3. The van der Waals surface area contributed by atoms with E-state index in [0.717, 1.165) is 32.1 Å². The highest BCUT2D eigenvalue weighted by molar-refractivity contribution is 5.66. The van der Waals surface area contributed by atoms with Gasteiger partial charge in [0.2, 0.25) is 0 Å². The Bertz CT molecular complexity index is 649. The molecule has 0 aromatic rings. The van der Waals surface area contributed by atoms with E-state index < -0.39 is 5.97 Å². The van der Waals surface area contributed by atoms with Crippen molar-refractivity contribution in [2.45, 2.75) is 104 Å². The summed E-state index contributed by atoms with van der Waals surface area (Å²) in [6, 6.07) is 0. The number of fused-ring (bicyclic) bond motifs is 5. The Hall–Kier alpha value is -0.610. The van der Waals surface area contributed by atoms with Crippen molar-refractivity contribution in [2.24, 2.45) is 52.3 Å². The molecule has 4 fully saturated rings. The molecule has 0 saturated heterocycles. The first-order valence-electron chi connectivity index (χ1n) is 12.7. The third-order valence-corrected chi connectivity index (χ3v) is 11.0. The molecule has 4 nitrogen and oxygen atoms in total. The standard InChI is InChI=1S/C26H44O4/c1-5-17-21-14-16(27)10-12-26(21,4)20-11-13-25(3)18(15(2)6-9-22(28)29)7-8-19(25)23(20)24(17)30/h15-21,23-24,27,30H,5-14H2,1-4H3,(H,28,29)/t15-,16+,17-,18-,19+,20-,21-,23-,24-,25-,26+/m1/s1. The van der Waals surface area contributed by atoms with Crippen LogP contribution in [0.15, 0.2) is 0 Å². The van der Waals surface area contributed by atoms with Crippen LogP contribution in [0.4, 0.5) is 0 Å². The summed E-state index contributed by atoms with van der Waals surface area (Å²) in [4.78, 5) is 11.1. The molecule has 0 bridgehead atoms. The van der Waals surface area contributed by atoms with Crippen LogP contribution in [-0.4, -0.2) is 33.5 Å². The molecule has 0 radical (unpaired) electrons. The van der Waals surface area contributed by atoms with E-state index in [1.54, 1.807) is 0 Å². The van der Waals surface area contributed by atoms with Gasteiger partial charge in [-0.1, -0.05) is 34.1 Å². The third-order valence-electron chi connectivity index (χ3n) is 11.0. The van der Waals surface area contributed by atoms with Crippen LogP contribution >= 0.6 is 0 Å². The number of aliphatic carboxylic acids is 1. The minimum atomic E-state index is -0.683. The van der Waals surface area contributed by atoms with E-state index in [1.807, 2.05) is 0 Å². The first kappa shape index (κ1) is 22.6. The van der Waals surface area contributed by atoms with Crippen molar-refractivity contribution in [3.63, 3.8) is 0 Å². The lowest BCUT2D eigenvalue weighted by atomic mass is 9.41. The molecule has 4 aliphatic carbocycles. The Morgan fingerprint density at radius 2 is 1.67 bits per heavy atom. The van der Waals surface area contributed by atoms with Crippen molar-refractivity contribution in [2.75, 3.05) is 0 Å². The molecule has 172 valence electrons. The highest BCUT2D eigenvalue weighted by atomic mass is 16.4. The lowest BCUT2D eigenvalue weighted by Gasteiger charge is -2.64. The van der Waals surface area contributed by atoms with Gasteiger partial charge in [0.1, 0.15) is 0 Å². The quantitative estimate of drug-likeness (QED) is 0.577. The molecule has 0 unspecified atom stereocenters. The summed E-state index contributed by atoms with van der Waals surface area (Å²) in [7, 11) is 0. The minimum Gasteiger partial charge on any atom is -0.481 e. The van der Waals surface area contributed by atoms with Gasteiger partial charge < -0.3 is 15.3 Å². The van der Waals surface area contributed by atoms with E-state index in [2.05, 4.69) is 27.7 Å². The zero-order valence-corrected chi connectivity index (χ0v) is 19.5. The molecule has 0 spiro atoms. The fraction of sp³-hybridized carbons (Fsp3) is 0.962. The van der Waals surface area contributed by atoms with Crippen molar-refractivity contribution in [1.82, 2.24) is 0 Å². The maximum absolute atomic E-state index is 11.7. The molecule has 3 N–H and O–H groups in total. The molecule has 4 aliphatic rings. The lowest BCUT2D eigenvalue weighted by Crippen LogP contribution is -2.62. The largest absolute Gasteiger partial charge is 0.481 e. The van der Waals surface area contributed by atoms with E-state index in [1.165, 1.54) is 25.7 Å². The number of carboxylic acids is 1. The van der Waals surface area contributed by atoms with Crippen LogP contribution < -0.4 is 0 Å². The molecule has 0 aliphatic heterocycles. The van der Waals surface area contributed by atoms with E-state index in [-0.39, 0.29) is 29.5 Å². The van der Waals surface area contributed by atoms with Crippen molar-refractivity contribution < 1.29 is 20.1 Å². The first-order valence-corrected chi connectivity index (χ1v) is 12.7. The molecule has 0 heterocycles. The second-order valence-electron chi connectivity index (χ2n) is 12.0. The van der Waals surface area contributed by atoms with Gasteiger partial charge in [-0.05, 0) is 104 Å². The van der Waals surface area contributed by atoms with Crippen molar-refractivity contribution in [1.29, 1.82) is 0 Å². The number of rotatable bonds is 5. The molecule has 4 rings (SSSR count). The minimum absolute atomic E-state index is 0.194. The van der Waals surface area contributed by atoms with Crippen LogP contribution in [0.25, 0.3) is 0 Å². The van der Waals surface area contributed by atoms with Gasteiger partial charge in [-0.15, -0.1) is 0 Å². The van der Waals surface area contributed by atoms with Gasteiger partial charge in [0.25, 0.3) is 0 Å². The average molecular weight is 421 g/mol. The fourth-order valence-corrected chi connectivity index (χ4v) is 9.48. The van der Waals surface area contributed by atoms with Crippen LogP contribution in [0.1, 0.15) is 91.9 Å². The number of hydrogen-bond donors (Lipinski definition) is 3. The molecule has 11 atom stereocenters. The van der Waals surface area contributed by atoms with Gasteiger partial charge >= 0.3 is 5.97 Å². The van der Waals surface area contributed by atoms with Crippen LogP contribution in [0, 0.1) is 52.3 Å². The monoisotopic (exact) mass is 420 g/mol. The van der Waals surface area contributed by atoms with E-state index in [4.69, 9.17) is 5.11 Å². The van der Waals surface area contributed by atoms with E-state index in [0.29, 0.717) is 41.4 Å². The lowest BCUT2D eigenvalue weighted by molar-refractivity contribution is -0.203. The van der Waals surface area contributed by atoms with Crippen LogP contribution in [-0.2, 0) is 4.79 Å². The Kier molecular flexibility index (Phi) is 6.07. The molecular formula is C26H44O4. The van der Waals surface area contributed by atoms with Crippen LogP contribution in [0.2, 0.25) is 0 Å². The van der Waals surface area contributed by atoms with Crippen molar-refractivity contribution in [3.8, 4) is 0 Å². The van der Waals surface area contributed by atoms with Gasteiger partial charge in [-0.25, -0.2) is 0 Å². The summed E-state index contributed by atoms with van der Waals surface area (Å²) >= 11 is 0. The summed E-state index contributed by atoms with van der Waals surface area (Å²) in [6.07, 6.45) is 9.27. The Morgan fingerprint density at radius 1 is 1.00 bits per heavy atom. The van der Waals surface area contributed by atoms with Gasteiger partial charge in [-0.3, -0.25) is 4.79 Å². The third kappa shape index (κ3) is 3.36. The summed E-state index contributed by atoms with van der Waals surface area (Å²) < 4.78 is 0. The van der Waals surface area contributed by atoms with Crippen molar-refractivity contribution >= 4 is 5.97 Å². The molecule has 0 amide bonds. The Labute approximate surface area is 182 Å². The summed E-state index contributed by atoms with van der Waals surface area (Å²) in [5, 5.41) is 31.3. The SMILES string of the molecule is CC[C@H]1[C@@H](O)[C@H]2[C@@H](CC[C@]3(C)[C@@H]([C@H](C)CCC(=O)O)CC[C@@H]23)[C@]2(C)CC[C@H](O)C[C@H]12. The van der Waals surface area contributed by atoms with Gasteiger partial charge in [0.15, 0.2) is 0 Å². The van der Waals surface area contributed by atoms with Gasteiger partial charge in [0, 0.05) is 6.42 Å². The molecule has 30 heavy (non-hydrogen) atoms. The zero-order chi connectivity index (χ0) is 21.8. The van der Waals surface area contributed by atoms with E-state index >= 15 is 0 Å². The summed E-state index contributed by atoms with van der Waals surface area (Å²) in [6.45, 7) is 9.44. The highest BCUT2D eigenvalue weighted by Crippen LogP contribution is 2.69. The van der Waals surface area contributed by atoms with Crippen LogP contribution in [0.3, 0.4) is 0 Å². The second kappa shape index (κ2) is 8.06. The summed E-state index contributed by atoms with van der Waals surface area (Å²) in [5.41, 5.74) is 0.480. The fourth-order valence-electron chi connectivity index (χ4n) is 9.48. The van der Waals surface area contributed by atoms with Gasteiger partial charge in [-0.2, -0.15) is 0 Å². The van der Waals surface area contributed by atoms with Crippen molar-refractivity contribution in [3.05, 3.63) is 0 Å². The Morgan fingerprint density at radius 3 is 2.33 bits per heavy atom. The smallest absolute Gasteiger partial charge is 0.303 e. The second-order valence-corrected chi connectivity index (χ2v) is 12.0. The molecular weight excluding hydrogens is 376 g/mol. The average Bonchev–Trinajstić information content (AvgIpc) is 3.05. The molecule has 0 aromatic heterocycles. The maximum Gasteiger partial charge on any atom is 0.303 e. The van der Waals surface area contributed by atoms with Crippen LogP contribution in [0.5, 0.6) is 0 Å². The predicted molar refractivity (Wildman–Crippen MR) is 118 cm³/mol. The number of carboxylic acid groups (broad SMARTS) is 1. The first-order chi connectivity index (χ1) is 14.1. The molecule has 4 heteroatoms. The highest BCUT2D eigenvalue weighted by Gasteiger charge is 2.64. The van der Waals surface area contributed by atoms with Gasteiger partial charge in [0.05, 0.1) is 12.2 Å². The number of aliphatic hydroxyl groups is 2. The number of carbonyl (C=O) groups is 1. The Balaban J connectivity index is 1.61. The molecule has 4 saturated carbocycles. The topological polar surface area (TPSA) is 77.8 Å². The predicted octanol–water partition coefficient (Wildman–Crippen LogP) is 5.11. The molecule has 0 aromatic carbocycles. The number of aliphatic hydroxyl groups excluding tert-OH is 2. The zero-order valence-electron chi connectivity index (χ0n) is 19.5. The van der Waals surface area contributed by atoms with E-state index in [9.17, 15) is 15.0 Å². The maximum atomic E-state index is 11.7. The summed E-state index contributed by atoms with van der Waals surface area (Å²) in [5.74, 6) is 2.58.